The van der Waals surface area contributed by atoms with Crippen molar-refractivity contribution in [3.05, 3.63) is 35.4 Å². The van der Waals surface area contributed by atoms with E-state index in [1.807, 2.05) is 0 Å². The van der Waals surface area contributed by atoms with Gasteiger partial charge in [0.2, 0.25) is 0 Å². The number of rotatable bonds is 5. The summed E-state index contributed by atoms with van der Waals surface area (Å²) in [5.74, 6) is 0. The van der Waals surface area contributed by atoms with Gasteiger partial charge in [-0.3, -0.25) is 0 Å². The van der Waals surface area contributed by atoms with Gasteiger partial charge >= 0.3 is 0 Å². The summed E-state index contributed by atoms with van der Waals surface area (Å²) in [7, 11) is 1.78. The summed E-state index contributed by atoms with van der Waals surface area (Å²) in [5.41, 5.74) is 2.86. The molecule has 2 rings (SSSR count). The molecule has 2 unspecified atom stereocenters. The van der Waals surface area contributed by atoms with Crippen molar-refractivity contribution in [2.45, 2.75) is 51.2 Å². The summed E-state index contributed by atoms with van der Waals surface area (Å²) >= 11 is 0. The van der Waals surface area contributed by atoms with E-state index in [4.69, 9.17) is 4.74 Å². The van der Waals surface area contributed by atoms with Gasteiger partial charge in [-0.25, -0.2) is 0 Å². The molecule has 100 valence electrons. The maximum Gasteiger partial charge on any atom is 0.0546 e. The fraction of sp³-hybridized carbons (Fsp3) is 0.625. The fourth-order valence-electron chi connectivity index (χ4n) is 2.54. The fourth-order valence-corrected chi connectivity index (χ4v) is 2.54. The van der Waals surface area contributed by atoms with Crippen LogP contribution in [-0.2, 0) is 11.2 Å². The maximum atomic E-state index is 5.28. The number of ether oxygens (including phenoxy) is 1. The predicted molar refractivity (Wildman–Crippen MR) is 75.8 cm³/mol. The molecule has 0 saturated carbocycles. The van der Waals surface area contributed by atoms with Crippen molar-refractivity contribution >= 4 is 0 Å². The number of benzene rings is 1. The summed E-state index contributed by atoms with van der Waals surface area (Å²) in [6.07, 6.45) is 6.50. The lowest BCUT2D eigenvalue weighted by Gasteiger charge is -2.24. The van der Waals surface area contributed by atoms with Gasteiger partial charge in [0.25, 0.3) is 0 Å². The van der Waals surface area contributed by atoms with Gasteiger partial charge in [-0.1, -0.05) is 30.7 Å². The van der Waals surface area contributed by atoms with Crippen LogP contribution in [0.3, 0.4) is 0 Å². The normalized spacial score (nSPS) is 21.8. The van der Waals surface area contributed by atoms with Crippen LogP contribution in [0, 0.1) is 0 Å². The Labute approximate surface area is 111 Å². The minimum absolute atomic E-state index is 0.352. The van der Waals surface area contributed by atoms with Crippen molar-refractivity contribution in [2.75, 3.05) is 13.7 Å². The van der Waals surface area contributed by atoms with E-state index in [1.54, 1.807) is 7.11 Å². The van der Waals surface area contributed by atoms with E-state index in [9.17, 15) is 0 Å². The standard InChI is InChI=1S/C16H25NO/c1-13(18-2)6-7-14-8-10-15(11-9-14)16-5-3-4-12-17-16/h8-11,13,16-17H,3-7,12H2,1-2H3. The van der Waals surface area contributed by atoms with Gasteiger partial charge in [0.05, 0.1) is 6.10 Å². The number of piperidine rings is 1. The summed E-state index contributed by atoms with van der Waals surface area (Å²) in [5, 5.41) is 3.59. The third-order valence-electron chi connectivity index (χ3n) is 3.93. The lowest BCUT2D eigenvalue weighted by atomic mass is 9.96. The summed E-state index contributed by atoms with van der Waals surface area (Å²) < 4.78 is 5.28. The molecule has 0 aliphatic carbocycles. The second-order valence-corrected chi connectivity index (χ2v) is 5.33. The molecule has 1 aliphatic rings. The molecular formula is C16H25NO. The van der Waals surface area contributed by atoms with Crippen LogP contribution in [0.1, 0.15) is 49.8 Å². The van der Waals surface area contributed by atoms with Crippen molar-refractivity contribution in [3.8, 4) is 0 Å². The Bertz CT molecular complexity index is 341. The summed E-state index contributed by atoms with van der Waals surface area (Å²) in [6, 6.07) is 9.69. The van der Waals surface area contributed by atoms with Crippen LogP contribution in [0.15, 0.2) is 24.3 Å². The number of hydrogen-bond donors (Lipinski definition) is 1. The van der Waals surface area contributed by atoms with Crippen LogP contribution < -0.4 is 5.32 Å². The van der Waals surface area contributed by atoms with E-state index < -0.39 is 0 Å². The number of methoxy groups -OCH3 is 1. The van der Waals surface area contributed by atoms with Gasteiger partial charge in [-0.05, 0) is 50.3 Å². The third-order valence-corrected chi connectivity index (χ3v) is 3.93. The molecule has 1 fully saturated rings. The highest BCUT2D eigenvalue weighted by Gasteiger charge is 2.14. The van der Waals surface area contributed by atoms with Crippen molar-refractivity contribution < 1.29 is 4.74 Å². The zero-order valence-corrected chi connectivity index (χ0v) is 11.6. The highest BCUT2D eigenvalue weighted by molar-refractivity contribution is 5.25. The molecule has 2 heteroatoms. The lowest BCUT2D eigenvalue weighted by molar-refractivity contribution is 0.111. The SMILES string of the molecule is COC(C)CCc1ccc(C2CCCCN2)cc1. The third kappa shape index (κ3) is 3.82. The van der Waals surface area contributed by atoms with Crippen molar-refractivity contribution in [1.82, 2.24) is 5.32 Å². The Balaban J connectivity index is 1.88. The first-order valence-electron chi connectivity index (χ1n) is 7.14. The van der Waals surface area contributed by atoms with Crippen LogP contribution >= 0.6 is 0 Å². The second kappa shape index (κ2) is 6.91. The minimum atomic E-state index is 0.352. The molecule has 1 aliphatic heterocycles. The van der Waals surface area contributed by atoms with Gasteiger partial charge < -0.3 is 10.1 Å². The predicted octanol–water partition coefficient (Wildman–Crippen LogP) is 3.47. The monoisotopic (exact) mass is 247 g/mol. The average Bonchev–Trinajstić information content (AvgIpc) is 2.46. The zero-order valence-electron chi connectivity index (χ0n) is 11.6. The molecule has 0 bridgehead atoms. The Kier molecular flexibility index (Phi) is 5.21. The van der Waals surface area contributed by atoms with Crippen molar-refractivity contribution in [2.24, 2.45) is 0 Å². The molecule has 1 aromatic carbocycles. The van der Waals surface area contributed by atoms with E-state index in [2.05, 4.69) is 36.5 Å². The Hall–Kier alpha value is -0.860. The van der Waals surface area contributed by atoms with Crippen LogP contribution in [0.5, 0.6) is 0 Å². The molecule has 0 amide bonds. The minimum Gasteiger partial charge on any atom is -0.382 e. The average molecular weight is 247 g/mol. The summed E-state index contributed by atoms with van der Waals surface area (Å²) in [4.78, 5) is 0. The van der Waals surface area contributed by atoms with Gasteiger partial charge in [-0.2, -0.15) is 0 Å². The van der Waals surface area contributed by atoms with E-state index in [1.165, 1.54) is 30.4 Å². The molecule has 1 N–H and O–H groups in total. The van der Waals surface area contributed by atoms with Crippen molar-refractivity contribution in [3.63, 3.8) is 0 Å². The Morgan fingerprint density at radius 2 is 2.06 bits per heavy atom. The molecule has 1 heterocycles. The molecule has 2 atom stereocenters. The Morgan fingerprint density at radius 1 is 1.28 bits per heavy atom. The molecule has 1 aromatic rings. The van der Waals surface area contributed by atoms with Gasteiger partial charge in [0.1, 0.15) is 0 Å². The molecular weight excluding hydrogens is 222 g/mol. The highest BCUT2D eigenvalue weighted by atomic mass is 16.5. The molecule has 0 radical (unpaired) electrons. The lowest BCUT2D eigenvalue weighted by Crippen LogP contribution is -2.26. The van der Waals surface area contributed by atoms with Crippen LogP contribution in [0.25, 0.3) is 0 Å². The zero-order chi connectivity index (χ0) is 12.8. The second-order valence-electron chi connectivity index (χ2n) is 5.33. The van der Waals surface area contributed by atoms with Crippen molar-refractivity contribution in [1.29, 1.82) is 0 Å². The van der Waals surface area contributed by atoms with E-state index in [0.29, 0.717) is 12.1 Å². The van der Waals surface area contributed by atoms with Crippen LogP contribution in [0.2, 0.25) is 0 Å². The number of nitrogens with one attached hydrogen (secondary N) is 1. The van der Waals surface area contributed by atoms with Crippen LogP contribution in [-0.4, -0.2) is 19.8 Å². The quantitative estimate of drug-likeness (QED) is 0.860. The maximum absolute atomic E-state index is 5.28. The first kappa shape index (κ1) is 13.6. The summed E-state index contributed by atoms with van der Waals surface area (Å²) in [6.45, 7) is 3.29. The van der Waals surface area contributed by atoms with Gasteiger partial charge in [0, 0.05) is 13.2 Å². The molecule has 1 saturated heterocycles. The van der Waals surface area contributed by atoms with Gasteiger partial charge in [0.15, 0.2) is 0 Å². The van der Waals surface area contributed by atoms with E-state index in [-0.39, 0.29) is 0 Å². The first-order valence-corrected chi connectivity index (χ1v) is 7.14. The topological polar surface area (TPSA) is 21.3 Å². The molecule has 18 heavy (non-hydrogen) atoms. The van der Waals surface area contributed by atoms with Gasteiger partial charge in [-0.15, -0.1) is 0 Å². The molecule has 0 spiro atoms. The van der Waals surface area contributed by atoms with Crippen LogP contribution in [0.4, 0.5) is 0 Å². The Morgan fingerprint density at radius 3 is 2.67 bits per heavy atom. The highest BCUT2D eigenvalue weighted by Crippen LogP contribution is 2.23. The first-order chi connectivity index (χ1) is 8.79. The van der Waals surface area contributed by atoms with E-state index >= 15 is 0 Å². The number of hydrogen-bond acceptors (Lipinski definition) is 2. The smallest absolute Gasteiger partial charge is 0.0546 e. The molecule has 0 aromatic heterocycles. The number of aryl methyl sites for hydroxylation is 1. The largest absolute Gasteiger partial charge is 0.382 e. The van der Waals surface area contributed by atoms with E-state index in [0.717, 1.165) is 19.4 Å². The molecule has 2 nitrogen and oxygen atoms in total.